The number of hydrogen-bond donors (Lipinski definition) is 2. The monoisotopic (exact) mass is 302 g/mol. The number of phenolic OH excluding ortho intramolecular Hbond substituents is 1. The predicted octanol–water partition coefficient (Wildman–Crippen LogP) is 2.83. The van der Waals surface area contributed by atoms with Crippen molar-refractivity contribution in [1.82, 2.24) is 4.90 Å². The summed E-state index contributed by atoms with van der Waals surface area (Å²) in [4.78, 5) is 14.3. The third kappa shape index (κ3) is 2.67. The zero-order chi connectivity index (χ0) is 15.0. The maximum Gasteiger partial charge on any atom is 0.254 e. The Labute approximate surface area is 127 Å². The molecule has 2 aromatic rings. The number of rotatable bonds is 1. The highest BCUT2D eigenvalue weighted by atomic mass is 35.5. The number of benzene rings is 2. The molecule has 0 spiro atoms. The molecule has 1 aliphatic rings. The van der Waals surface area contributed by atoms with Gasteiger partial charge in [-0.3, -0.25) is 4.79 Å². The molecule has 0 aromatic heterocycles. The lowest BCUT2D eigenvalue weighted by Gasteiger charge is -2.29. The zero-order valence-corrected chi connectivity index (χ0v) is 12.1. The second kappa shape index (κ2) is 5.30. The van der Waals surface area contributed by atoms with Crippen molar-refractivity contribution in [1.29, 1.82) is 0 Å². The number of phenols is 1. The van der Waals surface area contributed by atoms with Crippen molar-refractivity contribution in [3.05, 3.63) is 58.1 Å². The molecule has 1 aliphatic heterocycles. The maximum atomic E-state index is 12.5. The van der Waals surface area contributed by atoms with E-state index in [9.17, 15) is 9.90 Å². The largest absolute Gasteiger partial charge is 0.508 e. The first kappa shape index (κ1) is 13.8. The Morgan fingerprint density at radius 1 is 1.19 bits per heavy atom. The molecule has 0 fully saturated rings. The average Bonchev–Trinajstić information content (AvgIpc) is 2.48. The topological polar surface area (TPSA) is 66.6 Å². The van der Waals surface area contributed by atoms with Crippen LogP contribution in [0, 0.1) is 0 Å². The van der Waals surface area contributed by atoms with Crippen LogP contribution >= 0.6 is 11.6 Å². The van der Waals surface area contributed by atoms with Crippen LogP contribution in [0.1, 0.15) is 21.5 Å². The first-order valence-corrected chi connectivity index (χ1v) is 7.07. The SMILES string of the molecule is Nc1cc(C(=O)N2CCc3ccc(O)cc3C2)ccc1Cl. The number of nitrogens with zero attached hydrogens (tertiary/aromatic N) is 1. The van der Waals surface area contributed by atoms with E-state index in [1.165, 1.54) is 5.56 Å². The predicted molar refractivity (Wildman–Crippen MR) is 82.4 cm³/mol. The summed E-state index contributed by atoms with van der Waals surface area (Å²) in [5.74, 6) is 0.145. The van der Waals surface area contributed by atoms with E-state index in [0.29, 0.717) is 29.4 Å². The number of amides is 1. The molecule has 0 radical (unpaired) electrons. The number of fused-ring (bicyclic) bond motifs is 1. The summed E-state index contributed by atoms with van der Waals surface area (Å²) in [6.07, 6.45) is 0.782. The number of halogens is 1. The van der Waals surface area contributed by atoms with Crippen LogP contribution < -0.4 is 5.73 Å². The second-order valence-electron chi connectivity index (χ2n) is 5.17. The molecule has 0 saturated carbocycles. The first-order valence-electron chi connectivity index (χ1n) is 6.69. The van der Waals surface area contributed by atoms with E-state index in [0.717, 1.165) is 12.0 Å². The minimum Gasteiger partial charge on any atom is -0.508 e. The van der Waals surface area contributed by atoms with Gasteiger partial charge in [0.05, 0.1) is 10.7 Å². The van der Waals surface area contributed by atoms with E-state index < -0.39 is 0 Å². The molecule has 2 aromatic carbocycles. The Hall–Kier alpha value is -2.20. The van der Waals surface area contributed by atoms with Crippen molar-refractivity contribution in [2.45, 2.75) is 13.0 Å². The quantitative estimate of drug-likeness (QED) is 0.796. The highest BCUT2D eigenvalue weighted by Crippen LogP contribution is 2.25. The van der Waals surface area contributed by atoms with Crippen LogP contribution in [-0.2, 0) is 13.0 Å². The Morgan fingerprint density at radius 2 is 2.00 bits per heavy atom. The van der Waals surface area contributed by atoms with E-state index >= 15 is 0 Å². The van der Waals surface area contributed by atoms with Crippen molar-refractivity contribution in [3.63, 3.8) is 0 Å². The van der Waals surface area contributed by atoms with Crippen LogP contribution in [0.2, 0.25) is 5.02 Å². The number of carbonyl (C=O) groups excluding carboxylic acids is 1. The van der Waals surface area contributed by atoms with Crippen molar-refractivity contribution in [3.8, 4) is 5.75 Å². The van der Waals surface area contributed by atoms with Crippen LogP contribution in [0.4, 0.5) is 5.69 Å². The minimum atomic E-state index is -0.0765. The molecule has 108 valence electrons. The van der Waals surface area contributed by atoms with Gasteiger partial charge in [-0.15, -0.1) is 0 Å². The number of carbonyl (C=O) groups is 1. The lowest BCUT2D eigenvalue weighted by atomic mass is 9.99. The number of anilines is 1. The molecular weight excluding hydrogens is 288 g/mol. The van der Waals surface area contributed by atoms with E-state index in [1.807, 2.05) is 6.07 Å². The number of aromatic hydroxyl groups is 1. The summed E-state index contributed by atoms with van der Waals surface area (Å²) in [7, 11) is 0. The number of nitrogens with two attached hydrogens (primary N) is 1. The summed E-state index contributed by atoms with van der Waals surface area (Å²) in [6.45, 7) is 1.14. The standard InChI is InChI=1S/C16H15ClN2O2/c17-14-4-2-11(8-15(14)18)16(21)19-6-5-10-1-3-13(20)7-12(10)9-19/h1-4,7-8,20H,5-6,9,18H2. The molecule has 0 bridgehead atoms. The van der Waals surface area contributed by atoms with Crippen LogP contribution in [0.3, 0.4) is 0 Å². The molecular formula is C16H15ClN2O2. The summed E-state index contributed by atoms with van der Waals surface area (Å²) in [5, 5.41) is 10.0. The van der Waals surface area contributed by atoms with Crippen molar-refractivity contribution in [2.24, 2.45) is 0 Å². The van der Waals surface area contributed by atoms with E-state index in [1.54, 1.807) is 35.2 Å². The molecule has 0 saturated heterocycles. The second-order valence-corrected chi connectivity index (χ2v) is 5.57. The Kier molecular flexibility index (Phi) is 3.47. The van der Waals surface area contributed by atoms with Crippen LogP contribution in [0.25, 0.3) is 0 Å². The lowest BCUT2D eigenvalue weighted by molar-refractivity contribution is 0.0734. The Morgan fingerprint density at radius 3 is 2.76 bits per heavy atom. The maximum absolute atomic E-state index is 12.5. The molecule has 0 unspecified atom stereocenters. The van der Waals surface area contributed by atoms with Crippen molar-refractivity contribution in [2.75, 3.05) is 12.3 Å². The fourth-order valence-corrected chi connectivity index (χ4v) is 2.69. The zero-order valence-electron chi connectivity index (χ0n) is 11.3. The summed E-state index contributed by atoms with van der Waals surface area (Å²) in [6, 6.07) is 10.2. The van der Waals surface area contributed by atoms with Gasteiger partial charge < -0.3 is 15.7 Å². The average molecular weight is 303 g/mol. The normalized spacial score (nSPS) is 13.9. The van der Waals surface area contributed by atoms with Crippen LogP contribution in [0.5, 0.6) is 5.75 Å². The summed E-state index contributed by atoms with van der Waals surface area (Å²) >= 11 is 5.88. The molecule has 1 amide bonds. The van der Waals surface area contributed by atoms with Gasteiger partial charge in [-0.1, -0.05) is 17.7 Å². The van der Waals surface area contributed by atoms with Crippen molar-refractivity contribution < 1.29 is 9.90 Å². The van der Waals surface area contributed by atoms with Gasteiger partial charge in [0.2, 0.25) is 0 Å². The highest BCUT2D eigenvalue weighted by molar-refractivity contribution is 6.33. The third-order valence-corrected chi connectivity index (χ3v) is 4.08. The lowest BCUT2D eigenvalue weighted by Crippen LogP contribution is -2.35. The molecule has 5 heteroatoms. The van der Waals surface area contributed by atoms with E-state index in [-0.39, 0.29) is 11.7 Å². The number of hydrogen-bond acceptors (Lipinski definition) is 3. The molecule has 3 rings (SSSR count). The molecule has 21 heavy (non-hydrogen) atoms. The first-order chi connectivity index (χ1) is 10.0. The van der Waals surface area contributed by atoms with Gasteiger partial charge in [-0.25, -0.2) is 0 Å². The molecule has 3 N–H and O–H groups in total. The summed E-state index contributed by atoms with van der Waals surface area (Å²) < 4.78 is 0. The fraction of sp³-hybridized carbons (Fsp3) is 0.188. The molecule has 0 aliphatic carbocycles. The fourth-order valence-electron chi connectivity index (χ4n) is 2.58. The van der Waals surface area contributed by atoms with Gasteiger partial charge in [-0.2, -0.15) is 0 Å². The smallest absolute Gasteiger partial charge is 0.254 e. The molecule has 1 heterocycles. The van der Waals surface area contributed by atoms with Gasteiger partial charge in [0.15, 0.2) is 0 Å². The Balaban J connectivity index is 1.85. The molecule has 0 atom stereocenters. The summed E-state index contributed by atoms with van der Waals surface area (Å²) in [5.41, 5.74) is 8.83. The Bertz CT molecular complexity index is 715. The van der Waals surface area contributed by atoms with E-state index in [2.05, 4.69) is 0 Å². The van der Waals surface area contributed by atoms with Gasteiger partial charge >= 0.3 is 0 Å². The highest BCUT2D eigenvalue weighted by Gasteiger charge is 2.22. The van der Waals surface area contributed by atoms with E-state index in [4.69, 9.17) is 17.3 Å². The number of nitrogen functional groups attached to an aromatic ring is 1. The minimum absolute atomic E-state index is 0.0765. The van der Waals surface area contributed by atoms with Crippen LogP contribution in [0.15, 0.2) is 36.4 Å². The third-order valence-electron chi connectivity index (χ3n) is 3.73. The van der Waals surface area contributed by atoms with Crippen molar-refractivity contribution >= 4 is 23.2 Å². The van der Waals surface area contributed by atoms with Crippen LogP contribution in [-0.4, -0.2) is 22.5 Å². The van der Waals surface area contributed by atoms with Gasteiger partial charge in [-0.05, 0) is 47.9 Å². The van der Waals surface area contributed by atoms with Gasteiger partial charge in [0.25, 0.3) is 5.91 Å². The van der Waals surface area contributed by atoms with Gasteiger partial charge in [0.1, 0.15) is 5.75 Å². The molecule has 4 nitrogen and oxygen atoms in total. The van der Waals surface area contributed by atoms with Gasteiger partial charge in [0, 0.05) is 18.7 Å².